The number of amides is 1. The quantitative estimate of drug-likeness (QED) is 0.483. The molecular formula is C23H20FNO5. The van der Waals surface area contributed by atoms with Crippen LogP contribution in [0.1, 0.15) is 18.6 Å². The predicted octanol–water partition coefficient (Wildman–Crippen LogP) is 5.25. The summed E-state index contributed by atoms with van der Waals surface area (Å²) in [5, 5.41) is 22.7. The minimum Gasteiger partial charge on any atom is -0.505 e. The van der Waals surface area contributed by atoms with E-state index in [1.807, 2.05) is 30.3 Å². The summed E-state index contributed by atoms with van der Waals surface area (Å²) in [6.07, 6.45) is 0.523. The maximum Gasteiger partial charge on any atom is 0.412 e. The van der Waals surface area contributed by atoms with Gasteiger partial charge in [0, 0.05) is 17.4 Å². The molecule has 0 saturated heterocycles. The second-order valence-corrected chi connectivity index (χ2v) is 6.74. The Kier molecular flexibility index (Phi) is 6.32. The number of aromatic hydroxyl groups is 1. The van der Waals surface area contributed by atoms with Gasteiger partial charge < -0.3 is 14.9 Å². The van der Waals surface area contributed by atoms with E-state index in [1.165, 1.54) is 12.1 Å². The van der Waals surface area contributed by atoms with Gasteiger partial charge in [0.05, 0.1) is 5.69 Å². The van der Waals surface area contributed by atoms with E-state index in [0.717, 1.165) is 29.0 Å². The van der Waals surface area contributed by atoms with Crippen LogP contribution < -0.4 is 5.32 Å². The Hall–Kier alpha value is -3.87. The molecule has 0 radical (unpaired) electrons. The van der Waals surface area contributed by atoms with Crippen molar-refractivity contribution in [3.63, 3.8) is 0 Å². The number of nitrogens with one attached hydrogen (secondary N) is 1. The van der Waals surface area contributed by atoms with Gasteiger partial charge in [-0.25, -0.2) is 14.0 Å². The van der Waals surface area contributed by atoms with E-state index < -0.39 is 35.7 Å². The maximum absolute atomic E-state index is 13.9. The van der Waals surface area contributed by atoms with Crippen LogP contribution in [0.15, 0.2) is 72.8 Å². The van der Waals surface area contributed by atoms with Crippen LogP contribution in [0.2, 0.25) is 0 Å². The zero-order valence-electron chi connectivity index (χ0n) is 16.1. The van der Waals surface area contributed by atoms with Gasteiger partial charge in [-0.2, -0.15) is 0 Å². The van der Waals surface area contributed by atoms with E-state index in [2.05, 4.69) is 5.32 Å². The van der Waals surface area contributed by atoms with Crippen molar-refractivity contribution in [2.75, 3.05) is 5.32 Å². The van der Waals surface area contributed by atoms with Gasteiger partial charge in [-0.05, 0) is 29.1 Å². The molecule has 0 heterocycles. The van der Waals surface area contributed by atoms with E-state index in [4.69, 9.17) is 9.84 Å². The Bertz CT molecular complexity index is 1110. The van der Waals surface area contributed by atoms with Gasteiger partial charge >= 0.3 is 12.1 Å². The van der Waals surface area contributed by atoms with Gasteiger partial charge in [0.2, 0.25) is 0 Å². The molecule has 3 aromatic carbocycles. The third-order valence-corrected chi connectivity index (χ3v) is 4.58. The lowest BCUT2D eigenvalue weighted by Crippen LogP contribution is -2.21. The van der Waals surface area contributed by atoms with E-state index >= 15 is 0 Å². The summed E-state index contributed by atoms with van der Waals surface area (Å²) in [5.74, 6) is -3.14. The topological polar surface area (TPSA) is 95.9 Å². The molecule has 0 fully saturated rings. The van der Waals surface area contributed by atoms with Crippen LogP contribution in [-0.2, 0) is 9.53 Å². The Balaban J connectivity index is 1.86. The SMILES string of the molecule is C[C@H](/C=C/C(=O)O)[C@@H](OC(=O)Nc1cccc2ccccc12)c1ccc(O)c(F)c1. The minimum atomic E-state index is -1.15. The summed E-state index contributed by atoms with van der Waals surface area (Å²) in [6.45, 7) is 1.64. The van der Waals surface area contributed by atoms with Crippen LogP contribution in [0, 0.1) is 11.7 Å². The largest absolute Gasteiger partial charge is 0.505 e. The molecule has 3 rings (SSSR count). The zero-order valence-corrected chi connectivity index (χ0v) is 16.1. The fraction of sp³-hybridized carbons (Fsp3) is 0.130. The number of carbonyl (C=O) groups is 2. The van der Waals surface area contributed by atoms with Crippen LogP contribution in [-0.4, -0.2) is 22.3 Å². The lowest BCUT2D eigenvalue weighted by molar-refractivity contribution is -0.131. The lowest BCUT2D eigenvalue weighted by atomic mass is 9.96. The van der Waals surface area contributed by atoms with Crippen molar-refractivity contribution in [1.82, 2.24) is 0 Å². The number of carboxylic acid groups (broad SMARTS) is 1. The first-order valence-corrected chi connectivity index (χ1v) is 9.20. The molecule has 2 atom stereocenters. The highest BCUT2D eigenvalue weighted by atomic mass is 19.1. The smallest absolute Gasteiger partial charge is 0.412 e. The molecule has 1 amide bonds. The molecule has 0 aliphatic heterocycles. The molecule has 0 aliphatic rings. The molecule has 154 valence electrons. The zero-order chi connectivity index (χ0) is 21.7. The Morgan fingerprint density at radius 1 is 1.10 bits per heavy atom. The standard InChI is InChI=1S/C23H20FNO5/c1-14(9-12-21(27)28)22(16-10-11-20(26)18(24)13-16)30-23(29)25-19-8-4-6-15-5-2-3-7-17(15)19/h2-14,22,26H,1H3,(H,25,29)(H,27,28)/b12-9+/t14-,22-/m1/s1. The number of rotatable bonds is 6. The molecule has 6 nitrogen and oxygen atoms in total. The van der Waals surface area contributed by atoms with Gasteiger partial charge in [-0.3, -0.25) is 5.32 Å². The van der Waals surface area contributed by atoms with Crippen molar-refractivity contribution in [3.8, 4) is 5.75 Å². The van der Waals surface area contributed by atoms with Crippen LogP contribution in [0.5, 0.6) is 5.75 Å². The Morgan fingerprint density at radius 3 is 2.57 bits per heavy atom. The van der Waals surface area contributed by atoms with Gasteiger partial charge in [0.1, 0.15) is 6.10 Å². The molecule has 0 unspecified atom stereocenters. The molecule has 7 heteroatoms. The number of phenols is 1. The van der Waals surface area contributed by atoms with Gasteiger partial charge in [0.15, 0.2) is 11.6 Å². The third-order valence-electron chi connectivity index (χ3n) is 4.58. The van der Waals surface area contributed by atoms with Crippen molar-refractivity contribution in [1.29, 1.82) is 0 Å². The number of ether oxygens (including phenoxy) is 1. The van der Waals surface area contributed by atoms with Crippen LogP contribution in [0.4, 0.5) is 14.9 Å². The van der Waals surface area contributed by atoms with Crippen molar-refractivity contribution in [2.24, 2.45) is 5.92 Å². The summed E-state index contributed by atoms with van der Waals surface area (Å²) >= 11 is 0. The first-order valence-electron chi connectivity index (χ1n) is 9.20. The van der Waals surface area contributed by atoms with Crippen LogP contribution >= 0.6 is 0 Å². The first-order chi connectivity index (χ1) is 14.3. The minimum absolute atomic E-state index is 0.279. The second kappa shape index (κ2) is 9.09. The molecule has 0 saturated carbocycles. The van der Waals surface area contributed by atoms with Gasteiger partial charge in [0.25, 0.3) is 0 Å². The Morgan fingerprint density at radius 2 is 1.83 bits per heavy atom. The highest BCUT2D eigenvalue weighted by molar-refractivity contribution is 6.00. The molecule has 3 N–H and O–H groups in total. The summed E-state index contributed by atoms with van der Waals surface area (Å²) < 4.78 is 19.4. The number of fused-ring (bicyclic) bond motifs is 1. The highest BCUT2D eigenvalue weighted by Gasteiger charge is 2.24. The van der Waals surface area contributed by atoms with Crippen molar-refractivity contribution < 1.29 is 28.9 Å². The number of anilines is 1. The molecule has 0 aromatic heterocycles. The normalized spacial score (nSPS) is 13.1. The van der Waals surface area contributed by atoms with Crippen molar-refractivity contribution in [3.05, 3.63) is 84.2 Å². The molecule has 0 aliphatic carbocycles. The number of carboxylic acids is 1. The average Bonchev–Trinajstić information content (AvgIpc) is 2.72. The van der Waals surface area contributed by atoms with Gasteiger partial charge in [-0.1, -0.05) is 55.5 Å². The van der Waals surface area contributed by atoms with E-state index in [1.54, 1.807) is 19.1 Å². The van der Waals surface area contributed by atoms with E-state index in [9.17, 15) is 19.1 Å². The Labute approximate surface area is 172 Å². The second-order valence-electron chi connectivity index (χ2n) is 6.74. The monoisotopic (exact) mass is 409 g/mol. The number of aliphatic carboxylic acids is 1. The number of hydrogen-bond donors (Lipinski definition) is 3. The number of hydrogen-bond acceptors (Lipinski definition) is 4. The fourth-order valence-corrected chi connectivity index (χ4v) is 3.10. The summed E-state index contributed by atoms with van der Waals surface area (Å²) in [5.41, 5.74) is 0.823. The van der Waals surface area contributed by atoms with Crippen LogP contribution in [0.3, 0.4) is 0 Å². The van der Waals surface area contributed by atoms with Crippen molar-refractivity contribution in [2.45, 2.75) is 13.0 Å². The van der Waals surface area contributed by atoms with Crippen molar-refractivity contribution >= 4 is 28.5 Å². The molecular weight excluding hydrogens is 389 g/mol. The number of carbonyl (C=O) groups excluding carboxylic acids is 1. The van der Waals surface area contributed by atoms with Gasteiger partial charge in [-0.15, -0.1) is 0 Å². The molecule has 0 bridgehead atoms. The summed E-state index contributed by atoms with van der Waals surface area (Å²) in [4.78, 5) is 23.5. The van der Waals surface area contributed by atoms with E-state index in [-0.39, 0.29) is 5.56 Å². The molecule has 3 aromatic rings. The predicted molar refractivity (Wildman–Crippen MR) is 111 cm³/mol. The third kappa shape index (κ3) is 4.94. The maximum atomic E-state index is 13.9. The number of benzene rings is 3. The van der Waals surface area contributed by atoms with Crippen LogP contribution in [0.25, 0.3) is 10.8 Å². The number of phenolic OH excluding ortho intramolecular Hbond substituents is 1. The van der Waals surface area contributed by atoms with E-state index in [0.29, 0.717) is 5.69 Å². The first kappa shape index (κ1) is 20.9. The molecule has 0 spiro atoms. The fourth-order valence-electron chi connectivity index (χ4n) is 3.10. The molecule has 30 heavy (non-hydrogen) atoms. The summed E-state index contributed by atoms with van der Waals surface area (Å²) in [6, 6.07) is 16.5. The highest BCUT2D eigenvalue weighted by Crippen LogP contribution is 2.31. The average molecular weight is 409 g/mol. The lowest BCUT2D eigenvalue weighted by Gasteiger charge is -2.23. The summed E-state index contributed by atoms with van der Waals surface area (Å²) in [7, 11) is 0. The number of halogens is 1.